The van der Waals surface area contributed by atoms with E-state index in [2.05, 4.69) is 10.1 Å². The second kappa shape index (κ2) is 10.7. The Hall–Kier alpha value is -3.70. The summed E-state index contributed by atoms with van der Waals surface area (Å²) in [5, 5.41) is 12.2. The Kier molecular flexibility index (Phi) is 8.08. The number of hydrogen-bond acceptors (Lipinski definition) is 7. The number of rotatable bonds is 8. The van der Waals surface area contributed by atoms with Gasteiger partial charge in [-0.2, -0.15) is 5.26 Å². The van der Waals surface area contributed by atoms with Crippen LogP contribution < -0.4 is 19.5 Å². The predicted octanol–water partition coefficient (Wildman–Crippen LogP) is 3.45. The SMILES string of the molecule is COC(=O)COc1c(Cl)cc(/C=C(/C#N)C(=O)Nc2ccc(OC)cc2)cc1OC. The zero-order chi connectivity index (χ0) is 22.1. The predicted molar refractivity (Wildman–Crippen MR) is 111 cm³/mol. The molecule has 30 heavy (non-hydrogen) atoms. The van der Waals surface area contributed by atoms with E-state index in [4.69, 9.17) is 25.8 Å². The molecule has 1 N–H and O–H groups in total. The monoisotopic (exact) mass is 430 g/mol. The Morgan fingerprint density at radius 1 is 1.13 bits per heavy atom. The largest absolute Gasteiger partial charge is 0.497 e. The number of nitrogens with one attached hydrogen (secondary N) is 1. The van der Waals surface area contributed by atoms with Gasteiger partial charge in [-0.1, -0.05) is 11.6 Å². The van der Waals surface area contributed by atoms with Gasteiger partial charge in [-0.15, -0.1) is 0 Å². The van der Waals surface area contributed by atoms with Gasteiger partial charge < -0.3 is 24.3 Å². The Balaban J connectivity index is 2.25. The van der Waals surface area contributed by atoms with Gasteiger partial charge in [0, 0.05) is 5.69 Å². The third-order valence-corrected chi connectivity index (χ3v) is 4.12. The van der Waals surface area contributed by atoms with Gasteiger partial charge in [-0.25, -0.2) is 4.79 Å². The van der Waals surface area contributed by atoms with Crippen molar-refractivity contribution in [3.05, 3.63) is 52.6 Å². The van der Waals surface area contributed by atoms with E-state index in [0.29, 0.717) is 17.0 Å². The van der Waals surface area contributed by atoms with Crippen LogP contribution in [0.1, 0.15) is 5.56 Å². The third-order valence-electron chi connectivity index (χ3n) is 3.84. The number of esters is 1. The molecule has 156 valence electrons. The van der Waals surface area contributed by atoms with Crippen molar-refractivity contribution in [2.75, 3.05) is 33.3 Å². The van der Waals surface area contributed by atoms with Crippen LogP contribution in [0.15, 0.2) is 42.0 Å². The lowest BCUT2D eigenvalue weighted by molar-refractivity contribution is -0.142. The van der Waals surface area contributed by atoms with Crippen molar-refractivity contribution < 1.29 is 28.5 Å². The number of carbonyl (C=O) groups is 2. The molecule has 2 aromatic rings. The van der Waals surface area contributed by atoms with Crippen molar-refractivity contribution in [2.45, 2.75) is 0 Å². The number of anilines is 1. The molecule has 0 aromatic heterocycles. The van der Waals surface area contributed by atoms with Gasteiger partial charge in [0.2, 0.25) is 0 Å². The van der Waals surface area contributed by atoms with E-state index < -0.39 is 11.9 Å². The summed E-state index contributed by atoms with van der Waals surface area (Å²) in [5.41, 5.74) is 0.792. The molecule has 0 saturated heterocycles. The maximum absolute atomic E-state index is 12.4. The highest BCUT2D eigenvalue weighted by atomic mass is 35.5. The molecule has 0 aliphatic heterocycles. The molecule has 0 spiro atoms. The first kappa shape index (κ1) is 22.6. The summed E-state index contributed by atoms with van der Waals surface area (Å²) in [6.07, 6.45) is 1.36. The lowest BCUT2D eigenvalue weighted by atomic mass is 10.1. The number of halogens is 1. The van der Waals surface area contributed by atoms with Gasteiger partial charge in [-0.05, 0) is 48.0 Å². The first-order valence-electron chi connectivity index (χ1n) is 8.56. The molecule has 2 rings (SSSR count). The van der Waals surface area contributed by atoms with Crippen molar-refractivity contribution >= 4 is 35.2 Å². The summed E-state index contributed by atoms with van der Waals surface area (Å²) in [6, 6.07) is 11.5. The molecule has 2 aromatic carbocycles. The van der Waals surface area contributed by atoms with E-state index in [-0.39, 0.29) is 28.7 Å². The summed E-state index contributed by atoms with van der Waals surface area (Å²) in [6.45, 7) is -0.352. The zero-order valence-electron chi connectivity index (χ0n) is 16.5. The summed E-state index contributed by atoms with van der Waals surface area (Å²) in [4.78, 5) is 23.7. The second-order valence-electron chi connectivity index (χ2n) is 5.75. The average Bonchev–Trinajstić information content (AvgIpc) is 2.76. The van der Waals surface area contributed by atoms with Crippen molar-refractivity contribution in [1.82, 2.24) is 0 Å². The number of hydrogen-bond donors (Lipinski definition) is 1. The van der Waals surface area contributed by atoms with Crippen LogP contribution in [0.2, 0.25) is 5.02 Å². The fourth-order valence-corrected chi connectivity index (χ4v) is 2.61. The Bertz CT molecular complexity index is 996. The molecule has 0 unspecified atom stereocenters. The van der Waals surface area contributed by atoms with E-state index in [9.17, 15) is 14.9 Å². The maximum atomic E-state index is 12.4. The van der Waals surface area contributed by atoms with E-state index in [1.807, 2.05) is 6.07 Å². The number of benzene rings is 2. The van der Waals surface area contributed by atoms with Crippen molar-refractivity contribution in [3.63, 3.8) is 0 Å². The number of carbonyl (C=O) groups excluding carboxylic acids is 2. The molecule has 0 atom stereocenters. The number of methoxy groups -OCH3 is 3. The van der Waals surface area contributed by atoms with Crippen LogP contribution in [0.3, 0.4) is 0 Å². The zero-order valence-corrected chi connectivity index (χ0v) is 17.3. The highest BCUT2D eigenvalue weighted by Gasteiger charge is 2.15. The molecular weight excluding hydrogens is 412 g/mol. The minimum absolute atomic E-state index is 0.136. The molecule has 0 saturated carbocycles. The molecule has 9 heteroatoms. The molecule has 0 radical (unpaired) electrons. The van der Waals surface area contributed by atoms with E-state index in [1.165, 1.54) is 39.5 Å². The first-order chi connectivity index (χ1) is 14.4. The van der Waals surface area contributed by atoms with E-state index >= 15 is 0 Å². The van der Waals surface area contributed by atoms with Gasteiger partial charge >= 0.3 is 5.97 Å². The third kappa shape index (κ3) is 5.90. The van der Waals surface area contributed by atoms with Crippen LogP contribution in [0, 0.1) is 11.3 Å². The van der Waals surface area contributed by atoms with Crippen LogP contribution in [0.25, 0.3) is 6.08 Å². The second-order valence-corrected chi connectivity index (χ2v) is 6.16. The van der Waals surface area contributed by atoms with Gasteiger partial charge in [0.15, 0.2) is 18.1 Å². The topological polar surface area (TPSA) is 107 Å². The number of nitrogens with zero attached hydrogens (tertiary/aromatic N) is 1. The first-order valence-corrected chi connectivity index (χ1v) is 8.94. The standard InChI is InChI=1S/C21H19ClN2O6/c1-27-16-6-4-15(5-7-16)24-21(26)14(11-23)8-13-9-17(22)20(18(10-13)28-2)30-12-19(25)29-3/h4-10H,12H2,1-3H3,(H,24,26)/b14-8-. The molecule has 8 nitrogen and oxygen atoms in total. The summed E-state index contributed by atoms with van der Waals surface area (Å²) >= 11 is 6.22. The average molecular weight is 431 g/mol. The Labute approximate surface area is 178 Å². The summed E-state index contributed by atoms with van der Waals surface area (Å²) in [7, 11) is 4.17. The Morgan fingerprint density at radius 3 is 2.40 bits per heavy atom. The highest BCUT2D eigenvalue weighted by molar-refractivity contribution is 6.32. The van der Waals surface area contributed by atoms with E-state index in [1.54, 1.807) is 24.3 Å². The molecule has 0 aliphatic carbocycles. The fourth-order valence-electron chi connectivity index (χ4n) is 2.34. The lowest BCUT2D eigenvalue weighted by Gasteiger charge is -2.12. The minimum atomic E-state index is -0.594. The quantitative estimate of drug-likeness (QED) is 0.388. The Morgan fingerprint density at radius 2 is 1.83 bits per heavy atom. The molecular formula is C21H19ClN2O6. The maximum Gasteiger partial charge on any atom is 0.343 e. The van der Waals surface area contributed by atoms with E-state index in [0.717, 1.165) is 0 Å². The van der Waals surface area contributed by atoms with Crippen LogP contribution >= 0.6 is 11.6 Å². The molecule has 0 fully saturated rings. The van der Waals surface area contributed by atoms with Gasteiger partial charge in [-0.3, -0.25) is 4.79 Å². The molecule has 0 bridgehead atoms. The van der Waals surface area contributed by atoms with Gasteiger partial charge in [0.05, 0.1) is 26.4 Å². The minimum Gasteiger partial charge on any atom is -0.497 e. The van der Waals surface area contributed by atoms with Gasteiger partial charge in [0.25, 0.3) is 5.91 Å². The number of nitriles is 1. The normalized spacial score (nSPS) is 10.6. The van der Waals surface area contributed by atoms with Crippen LogP contribution in [-0.2, 0) is 14.3 Å². The van der Waals surface area contributed by atoms with Crippen molar-refractivity contribution in [1.29, 1.82) is 5.26 Å². The number of amides is 1. The van der Waals surface area contributed by atoms with Crippen LogP contribution in [0.4, 0.5) is 5.69 Å². The fraction of sp³-hybridized carbons (Fsp3) is 0.190. The molecule has 1 amide bonds. The molecule has 0 heterocycles. The van der Waals surface area contributed by atoms with Crippen molar-refractivity contribution in [2.24, 2.45) is 0 Å². The smallest absolute Gasteiger partial charge is 0.343 e. The summed E-state index contributed by atoms with van der Waals surface area (Å²) in [5.74, 6) is -0.170. The molecule has 0 aliphatic rings. The summed E-state index contributed by atoms with van der Waals surface area (Å²) < 4.78 is 20.2. The van der Waals surface area contributed by atoms with Gasteiger partial charge in [0.1, 0.15) is 17.4 Å². The van der Waals surface area contributed by atoms with Crippen LogP contribution in [-0.4, -0.2) is 39.8 Å². The van der Waals surface area contributed by atoms with Crippen molar-refractivity contribution in [3.8, 4) is 23.3 Å². The highest BCUT2D eigenvalue weighted by Crippen LogP contribution is 2.37. The lowest BCUT2D eigenvalue weighted by Crippen LogP contribution is -2.13. The van der Waals surface area contributed by atoms with Crippen LogP contribution in [0.5, 0.6) is 17.2 Å². The number of ether oxygens (including phenoxy) is 4.